The van der Waals surface area contributed by atoms with Crippen molar-refractivity contribution >= 4 is 67.9 Å². The van der Waals surface area contributed by atoms with Crippen molar-refractivity contribution in [3.63, 3.8) is 0 Å². The molecule has 0 unspecified atom stereocenters. The van der Waals surface area contributed by atoms with Crippen LogP contribution in [0.1, 0.15) is 36.1 Å². The van der Waals surface area contributed by atoms with Crippen molar-refractivity contribution < 1.29 is 0 Å². The maximum atomic E-state index is 2.40. The summed E-state index contributed by atoms with van der Waals surface area (Å²) in [6.07, 6.45) is 8.84. The number of aryl methyl sites for hydroxylation is 2. The van der Waals surface area contributed by atoms with Crippen molar-refractivity contribution in [3.8, 4) is 11.1 Å². The molecular formula is C44H36N2. The molecule has 6 aromatic carbocycles. The van der Waals surface area contributed by atoms with Crippen LogP contribution in [-0.2, 0) is 13.1 Å². The quantitative estimate of drug-likeness (QED) is 0.163. The van der Waals surface area contributed by atoms with E-state index in [0.29, 0.717) is 0 Å². The first kappa shape index (κ1) is 27.9. The third kappa shape index (κ3) is 4.93. The molecule has 0 atom stereocenters. The van der Waals surface area contributed by atoms with Gasteiger partial charge in [0.1, 0.15) is 0 Å². The second-order valence-electron chi connectivity index (χ2n) is 12.0. The van der Waals surface area contributed by atoms with Crippen LogP contribution >= 0.6 is 0 Å². The Labute approximate surface area is 270 Å². The highest BCUT2D eigenvalue weighted by Gasteiger charge is 2.10. The summed E-state index contributed by atoms with van der Waals surface area (Å²) in [6.45, 7) is 6.36. The third-order valence-corrected chi connectivity index (χ3v) is 9.32. The second-order valence-corrected chi connectivity index (χ2v) is 12.0. The Morgan fingerprint density at radius 1 is 0.370 bits per heavy atom. The molecule has 8 rings (SSSR count). The molecule has 0 aliphatic carbocycles. The van der Waals surface area contributed by atoms with E-state index < -0.39 is 0 Å². The maximum Gasteiger partial charge on any atom is 0.0491 e. The van der Waals surface area contributed by atoms with Crippen LogP contribution in [0.3, 0.4) is 0 Å². The molecule has 0 aliphatic rings. The molecule has 0 spiro atoms. The molecule has 0 radical (unpaired) electrons. The van der Waals surface area contributed by atoms with Gasteiger partial charge in [-0.05, 0) is 83.6 Å². The molecule has 0 N–H and O–H groups in total. The van der Waals surface area contributed by atoms with Gasteiger partial charge in [0.25, 0.3) is 0 Å². The van der Waals surface area contributed by atoms with Crippen LogP contribution in [0.5, 0.6) is 0 Å². The SMILES string of the molecule is CCn1c2ccccc2c2cc(/C=C/c3ccc(-c4ccc(/C=C/c5ccc6c(c5)c5ccccc5n6CC)cc4)cc3)ccc21. The van der Waals surface area contributed by atoms with Gasteiger partial charge in [0.15, 0.2) is 0 Å². The predicted molar refractivity (Wildman–Crippen MR) is 200 cm³/mol. The Morgan fingerprint density at radius 3 is 1.13 bits per heavy atom. The molecule has 2 heterocycles. The zero-order chi connectivity index (χ0) is 31.0. The van der Waals surface area contributed by atoms with Crippen LogP contribution < -0.4 is 0 Å². The van der Waals surface area contributed by atoms with E-state index in [1.54, 1.807) is 0 Å². The number of rotatable bonds is 7. The van der Waals surface area contributed by atoms with E-state index in [2.05, 4.69) is 181 Å². The molecule has 0 saturated heterocycles. The normalized spacial score (nSPS) is 12.1. The molecule has 0 aliphatic heterocycles. The summed E-state index contributed by atoms with van der Waals surface area (Å²) in [5.74, 6) is 0. The summed E-state index contributed by atoms with van der Waals surface area (Å²) in [5, 5.41) is 5.26. The highest BCUT2D eigenvalue weighted by atomic mass is 15.0. The van der Waals surface area contributed by atoms with Crippen LogP contribution in [-0.4, -0.2) is 9.13 Å². The van der Waals surface area contributed by atoms with Crippen molar-refractivity contribution in [1.29, 1.82) is 0 Å². The lowest BCUT2D eigenvalue weighted by Gasteiger charge is -2.04. The zero-order valence-electron chi connectivity index (χ0n) is 26.3. The van der Waals surface area contributed by atoms with Crippen LogP contribution in [0, 0.1) is 0 Å². The molecule has 46 heavy (non-hydrogen) atoms. The fourth-order valence-corrected chi connectivity index (χ4v) is 6.99. The Morgan fingerprint density at radius 2 is 0.717 bits per heavy atom. The highest BCUT2D eigenvalue weighted by Crippen LogP contribution is 2.32. The standard InChI is InChI=1S/C44H36N2/c1-3-45-41-11-7-5-9-37(41)39-29-33(21-27-43(39)45)15-13-31-17-23-35(24-18-31)36-25-19-32(20-26-36)14-16-34-22-28-44-40(30-34)38-10-6-8-12-42(38)46(44)4-2/h5-30H,3-4H2,1-2H3/b15-13+,16-14+. The molecule has 2 aromatic heterocycles. The Bertz CT molecular complexity index is 2240. The Hall–Kier alpha value is -5.60. The predicted octanol–water partition coefficient (Wildman–Crippen LogP) is 11.9. The molecule has 8 aromatic rings. The minimum absolute atomic E-state index is 0.966. The lowest BCUT2D eigenvalue weighted by molar-refractivity contribution is 0.827. The lowest BCUT2D eigenvalue weighted by Crippen LogP contribution is -1.92. The average molecular weight is 593 g/mol. The van der Waals surface area contributed by atoms with Gasteiger partial charge in [0, 0.05) is 56.7 Å². The van der Waals surface area contributed by atoms with Crippen LogP contribution in [0.15, 0.2) is 133 Å². The third-order valence-electron chi connectivity index (χ3n) is 9.32. The van der Waals surface area contributed by atoms with Gasteiger partial charge in [-0.25, -0.2) is 0 Å². The van der Waals surface area contributed by atoms with Gasteiger partial charge in [-0.15, -0.1) is 0 Å². The fraction of sp³-hybridized carbons (Fsp3) is 0.0909. The van der Waals surface area contributed by atoms with Crippen molar-refractivity contribution in [1.82, 2.24) is 9.13 Å². The average Bonchev–Trinajstić information content (AvgIpc) is 3.61. The summed E-state index contributed by atoms with van der Waals surface area (Å²) < 4.78 is 4.79. The van der Waals surface area contributed by atoms with E-state index in [4.69, 9.17) is 0 Å². The zero-order valence-corrected chi connectivity index (χ0v) is 26.3. The summed E-state index contributed by atoms with van der Waals surface area (Å²) in [6, 6.07) is 48.6. The van der Waals surface area contributed by atoms with Crippen LogP contribution in [0.4, 0.5) is 0 Å². The van der Waals surface area contributed by atoms with E-state index in [9.17, 15) is 0 Å². The van der Waals surface area contributed by atoms with E-state index in [1.807, 2.05) is 0 Å². The fourth-order valence-electron chi connectivity index (χ4n) is 6.99. The summed E-state index contributed by atoms with van der Waals surface area (Å²) in [4.78, 5) is 0. The number of nitrogens with zero attached hydrogens (tertiary/aromatic N) is 2. The Balaban J connectivity index is 0.979. The van der Waals surface area contributed by atoms with E-state index in [0.717, 1.165) is 13.1 Å². The lowest BCUT2D eigenvalue weighted by atomic mass is 10.0. The number of hydrogen-bond acceptors (Lipinski definition) is 0. The van der Waals surface area contributed by atoms with E-state index in [-0.39, 0.29) is 0 Å². The number of fused-ring (bicyclic) bond motifs is 6. The first-order chi connectivity index (χ1) is 22.7. The monoisotopic (exact) mass is 592 g/mol. The van der Waals surface area contributed by atoms with E-state index >= 15 is 0 Å². The molecule has 2 heteroatoms. The number of aromatic nitrogens is 2. The molecule has 0 saturated carbocycles. The number of benzene rings is 6. The number of hydrogen-bond donors (Lipinski definition) is 0. The molecule has 0 bridgehead atoms. The molecule has 222 valence electrons. The van der Waals surface area contributed by atoms with Gasteiger partial charge >= 0.3 is 0 Å². The summed E-state index contributed by atoms with van der Waals surface area (Å²) >= 11 is 0. The van der Waals surface area contributed by atoms with Gasteiger partial charge in [0.2, 0.25) is 0 Å². The molecule has 0 fully saturated rings. The van der Waals surface area contributed by atoms with E-state index in [1.165, 1.54) is 77.0 Å². The molecule has 0 amide bonds. The van der Waals surface area contributed by atoms with Gasteiger partial charge in [-0.1, -0.05) is 121 Å². The first-order valence-corrected chi connectivity index (χ1v) is 16.3. The highest BCUT2D eigenvalue weighted by molar-refractivity contribution is 6.09. The van der Waals surface area contributed by atoms with Gasteiger partial charge in [0.05, 0.1) is 0 Å². The van der Waals surface area contributed by atoms with Gasteiger partial charge < -0.3 is 9.13 Å². The van der Waals surface area contributed by atoms with Crippen molar-refractivity contribution in [2.45, 2.75) is 26.9 Å². The van der Waals surface area contributed by atoms with Gasteiger partial charge in [-0.2, -0.15) is 0 Å². The molecular weight excluding hydrogens is 556 g/mol. The topological polar surface area (TPSA) is 9.86 Å². The number of para-hydroxylation sites is 2. The second kappa shape index (κ2) is 11.7. The minimum atomic E-state index is 0.966. The van der Waals surface area contributed by atoms with Crippen LogP contribution in [0.25, 0.3) is 79.0 Å². The minimum Gasteiger partial charge on any atom is -0.341 e. The van der Waals surface area contributed by atoms with Crippen molar-refractivity contribution in [3.05, 3.63) is 156 Å². The van der Waals surface area contributed by atoms with Gasteiger partial charge in [-0.3, -0.25) is 0 Å². The summed E-state index contributed by atoms with van der Waals surface area (Å²) in [5.41, 5.74) is 12.5. The maximum absolute atomic E-state index is 2.40. The van der Waals surface area contributed by atoms with Crippen molar-refractivity contribution in [2.75, 3.05) is 0 Å². The first-order valence-electron chi connectivity index (χ1n) is 16.3. The van der Waals surface area contributed by atoms with Crippen molar-refractivity contribution in [2.24, 2.45) is 0 Å². The van der Waals surface area contributed by atoms with Crippen LogP contribution in [0.2, 0.25) is 0 Å². The Kier molecular flexibility index (Phi) is 7.11. The molecule has 2 nitrogen and oxygen atoms in total. The largest absolute Gasteiger partial charge is 0.341 e. The smallest absolute Gasteiger partial charge is 0.0491 e. The summed E-state index contributed by atoms with van der Waals surface area (Å²) in [7, 11) is 0.